The highest BCUT2D eigenvalue weighted by Gasteiger charge is 2.11. The normalized spacial score (nSPS) is 11.3. The monoisotopic (exact) mass is 363 g/mol. The van der Waals surface area contributed by atoms with Gasteiger partial charge in [-0.25, -0.2) is 5.43 Å². The fraction of sp³-hybridized carbons (Fsp3) is 0.150. The quantitative estimate of drug-likeness (QED) is 0.355. The molecule has 7 nitrogen and oxygen atoms in total. The number of amides is 1. The average molecular weight is 363 g/mol. The molecule has 1 aromatic heterocycles. The van der Waals surface area contributed by atoms with Gasteiger partial charge in [-0.05, 0) is 61.9 Å². The van der Waals surface area contributed by atoms with Crippen molar-refractivity contribution in [1.29, 1.82) is 0 Å². The van der Waals surface area contributed by atoms with E-state index in [1.807, 2.05) is 50.2 Å². The molecule has 1 amide bonds. The van der Waals surface area contributed by atoms with Crippen LogP contribution in [-0.2, 0) is 0 Å². The third-order valence-corrected chi connectivity index (χ3v) is 3.94. The first-order chi connectivity index (χ1) is 13.1. The van der Waals surface area contributed by atoms with Crippen molar-refractivity contribution in [2.75, 3.05) is 12.3 Å². The van der Waals surface area contributed by atoms with E-state index in [4.69, 9.17) is 10.5 Å². The Labute approximate surface area is 157 Å². The maximum Gasteiger partial charge on any atom is 0.289 e. The Morgan fingerprint density at radius 3 is 2.56 bits per heavy atom. The Hall–Kier alpha value is -3.61. The van der Waals surface area contributed by atoms with E-state index in [1.165, 1.54) is 0 Å². The summed E-state index contributed by atoms with van der Waals surface area (Å²) in [6.45, 7) is 4.36. The Bertz CT molecular complexity index is 943. The molecule has 0 atom stereocenters. The van der Waals surface area contributed by atoms with Gasteiger partial charge in [-0.2, -0.15) is 10.2 Å². The van der Waals surface area contributed by atoms with Crippen molar-refractivity contribution in [3.63, 3.8) is 0 Å². The molecule has 7 heteroatoms. The molecule has 2 aromatic carbocycles. The molecule has 0 bridgehead atoms. The number of ether oxygens (including phenoxy) is 1. The van der Waals surface area contributed by atoms with Crippen LogP contribution in [0.2, 0.25) is 0 Å². The lowest BCUT2D eigenvalue weighted by molar-refractivity contribution is 0.0950. The summed E-state index contributed by atoms with van der Waals surface area (Å²) in [6.07, 6.45) is 0. The molecule has 0 unspecified atom stereocenters. The summed E-state index contributed by atoms with van der Waals surface area (Å²) in [5, 5.41) is 11.1. The minimum Gasteiger partial charge on any atom is -0.494 e. The highest BCUT2D eigenvalue weighted by Crippen LogP contribution is 2.21. The Balaban J connectivity index is 1.67. The van der Waals surface area contributed by atoms with Crippen molar-refractivity contribution in [2.24, 2.45) is 5.10 Å². The van der Waals surface area contributed by atoms with E-state index in [0.717, 1.165) is 16.9 Å². The van der Waals surface area contributed by atoms with Crippen molar-refractivity contribution in [3.05, 3.63) is 65.9 Å². The summed E-state index contributed by atoms with van der Waals surface area (Å²) < 4.78 is 5.42. The Morgan fingerprint density at radius 2 is 1.89 bits per heavy atom. The van der Waals surface area contributed by atoms with Gasteiger partial charge in [0.05, 0.1) is 18.0 Å². The number of aromatic amines is 1. The van der Waals surface area contributed by atoms with E-state index in [1.54, 1.807) is 18.2 Å². The summed E-state index contributed by atoms with van der Waals surface area (Å²) in [5.74, 6) is 0.428. The van der Waals surface area contributed by atoms with E-state index in [2.05, 4.69) is 20.7 Å². The smallest absolute Gasteiger partial charge is 0.289 e. The van der Waals surface area contributed by atoms with E-state index < -0.39 is 0 Å². The molecule has 3 rings (SSSR count). The summed E-state index contributed by atoms with van der Waals surface area (Å²) in [6, 6.07) is 16.5. The van der Waals surface area contributed by atoms with E-state index in [0.29, 0.717) is 29.4 Å². The van der Waals surface area contributed by atoms with Crippen LogP contribution < -0.4 is 15.9 Å². The predicted octanol–water partition coefficient (Wildman–Crippen LogP) is 3.21. The molecule has 0 radical (unpaired) electrons. The number of hydrogen-bond donors (Lipinski definition) is 3. The first kappa shape index (κ1) is 18.2. The number of nitrogen functional groups attached to an aromatic ring is 1. The molecular weight excluding hydrogens is 342 g/mol. The van der Waals surface area contributed by atoms with Crippen LogP contribution in [0.15, 0.2) is 59.7 Å². The first-order valence-electron chi connectivity index (χ1n) is 8.56. The molecule has 3 aromatic rings. The standard InChI is InChI=1S/C20H21N5O2/c1-3-27-17-10-6-15(7-11-17)18-12-19(24-23-18)20(26)25-22-13(2)14-4-8-16(21)9-5-14/h4-12H,3,21H2,1-2H3,(H,23,24)(H,25,26)/b22-13-. The number of carbonyl (C=O) groups is 1. The summed E-state index contributed by atoms with van der Waals surface area (Å²) >= 11 is 0. The molecule has 138 valence electrons. The molecule has 0 aliphatic carbocycles. The lowest BCUT2D eigenvalue weighted by Gasteiger charge is -2.03. The van der Waals surface area contributed by atoms with Crippen LogP contribution in [-0.4, -0.2) is 28.4 Å². The van der Waals surface area contributed by atoms with Crippen molar-refractivity contribution in [2.45, 2.75) is 13.8 Å². The number of H-pyrrole nitrogens is 1. The third kappa shape index (κ3) is 4.52. The average Bonchev–Trinajstić information content (AvgIpc) is 3.17. The van der Waals surface area contributed by atoms with Gasteiger partial charge in [0.2, 0.25) is 0 Å². The van der Waals surface area contributed by atoms with Gasteiger partial charge >= 0.3 is 0 Å². The first-order valence-corrected chi connectivity index (χ1v) is 8.56. The van der Waals surface area contributed by atoms with E-state index >= 15 is 0 Å². The van der Waals surface area contributed by atoms with Crippen molar-refractivity contribution in [1.82, 2.24) is 15.6 Å². The maximum atomic E-state index is 12.3. The molecule has 0 saturated heterocycles. The van der Waals surface area contributed by atoms with Crippen molar-refractivity contribution < 1.29 is 9.53 Å². The van der Waals surface area contributed by atoms with Gasteiger partial charge in [-0.3, -0.25) is 9.89 Å². The minimum atomic E-state index is -0.366. The molecule has 4 N–H and O–H groups in total. The maximum absolute atomic E-state index is 12.3. The summed E-state index contributed by atoms with van der Waals surface area (Å²) in [4.78, 5) is 12.3. The number of carbonyl (C=O) groups excluding carboxylic acids is 1. The van der Waals surface area contributed by atoms with Gasteiger partial charge in [0, 0.05) is 11.3 Å². The van der Waals surface area contributed by atoms with Crippen LogP contribution in [0.4, 0.5) is 5.69 Å². The van der Waals surface area contributed by atoms with E-state index in [-0.39, 0.29) is 5.91 Å². The number of hydrazone groups is 1. The van der Waals surface area contributed by atoms with Crippen LogP contribution >= 0.6 is 0 Å². The lowest BCUT2D eigenvalue weighted by atomic mass is 10.1. The van der Waals surface area contributed by atoms with Gasteiger partial charge in [-0.1, -0.05) is 12.1 Å². The second-order valence-electron chi connectivity index (χ2n) is 5.88. The number of benzene rings is 2. The van der Waals surface area contributed by atoms with Crippen LogP contribution in [0, 0.1) is 0 Å². The number of nitrogens with one attached hydrogen (secondary N) is 2. The minimum absolute atomic E-state index is 0.327. The molecule has 0 aliphatic rings. The zero-order valence-corrected chi connectivity index (χ0v) is 15.2. The number of anilines is 1. The zero-order valence-electron chi connectivity index (χ0n) is 15.2. The number of aromatic nitrogens is 2. The highest BCUT2D eigenvalue weighted by atomic mass is 16.5. The van der Waals surface area contributed by atoms with Gasteiger partial charge in [0.1, 0.15) is 11.4 Å². The number of hydrogen-bond acceptors (Lipinski definition) is 5. The summed E-state index contributed by atoms with van der Waals surface area (Å²) in [7, 11) is 0. The van der Waals surface area contributed by atoms with Crippen LogP contribution in [0.1, 0.15) is 29.9 Å². The highest BCUT2D eigenvalue weighted by molar-refractivity contribution is 6.00. The number of rotatable bonds is 6. The van der Waals surface area contributed by atoms with Crippen LogP contribution in [0.5, 0.6) is 5.75 Å². The van der Waals surface area contributed by atoms with Gasteiger partial charge in [-0.15, -0.1) is 0 Å². The summed E-state index contributed by atoms with van der Waals surface area (Å²) in [5.41, 5.74) is 12.3. The third-order valence-electron chi connectivity index (χ3n) is 3.94. The molecule has 0 fully saturated rings. The molecule has 27 heavy (non-hydrogen) atoms. The fourth-order valence-corrected chi connectivity index (χ4v) is 2.46. The van der Waals surface area contributed by atoms with Gasteiger partial charge < -0.3 is 10.5 Å². The van der Waals surface area contributed by atoms with Crippen molar-refractivity contribution >= 4 is 17.3 Å². The Kier molecular flexibility index (Phi) is 5.51. The van der Waals surface area contributed by atoms with Crippen LogP contribution in [0.25, 0.3) is 11.3 Å². The zero-order chi connectivity index (χ0) is 19.2. The molecule has 0 saturated carbocycles. The largest absolute Gasteiger partial charge is 0.494 e. The second-order valence-corrected chi connectivity index (χ2v) is 5.88. The number of nitrogens with zero attached hydrogens (tertiary/aromatic N) is 2. The molecular formula is C20H21N5O2. The van der Waals surface area contributed by atoms with Crippen molar-refractivity contribution in [3.8, 4) is 17.0 Å². The lowest BCUT2D eigenvalue weighted by Crippen LogP contribution is -2.19. The fourth-order valence-electron chi connectivity index (χ4n) is 2.46. The number of nitrogens with two attached hydrogens (primary N) is 1. The van der Waals surface area contributed by atoms with E-state index in [9.17, 15) is 4.79 Å². The predicted molar refractivity (Wildman–Crippen MR) is 106 cm³/mol. The van der Waals surface area contributed by atoms with Crippen LogP contribution in [0.3, 0.4) is 0 Å². The SMILES string of the molecule is CCOc1ccc(-c2cc(C(=O)N/N=C(/C)c3ccc(N)cc3)[nH]n2)cc1. The second kappa shape index (κ2) is 8.18. The Morgan fingerprint density at radius 1 is 1.19 bits per heavy atom. The van der Waals surface area contributed by atoms with Gasteiger partial charge in [0.15, 0.2) is 0 Å². The molecule has 0 aliphatic heterocycles. The molecule has 0 spiro atoms. The topological polar surface area (TPSA) is 105 Å². The van der Waals surface area contributed by atoms with Gasteiger partial charge in [0.25, 0.3) is 5.91 Å². The molecule has 1 heterocycles.